The molecular formula is C24H30. The lowest BCUT2D eigenvalue weighted by atomic mass is 9.58. The Kier molecular flexibility index (Phi) is 4.20. The summed E-state index contributed by atoms with van der Waals surface area (Å²) < 4.78 is 0. The van der Waals surface area contributed by atoms with Crippen molar-refractivity contribution < 1.29 is 0 Å². The van der Waals surface area contributed by atoms with E-state index < -0.39 is 0 Å². The van der Waals surface area contributed by atoms with Gasteiger partial charge in [-0.3, -0.25) is 0 Å². The van der Waals surface area contributed by atoms with E-state index in [2.05, 4.69) is 96.1 Å². The van der Waals surface area contributed by atoms with Crippen LogP contribution in [0.15, 0.2) is 48.5 Å². The van der Waals surface area contributed by atoms with Gasteiger partial charge >= 0.3 is 0 Å². The second kappa shape index (κ2) is 5.92. The van der Waals surface area contributed by atoms with Crippen molar-refractivity contribution in [3.63, 3.8) is 0 Å². The van der Waals surface area contributed by atoms with Gasteiger partial charge in [0.25, 0.3) is 0 Å². The molecule has 1 aliphatic rings. The van der Waals surface area contributed by atoms with Crippen LogP contribution in [-0.2, 0) is 10.8 Å². The highest BCUT2D eigenvalue weighted by Crippen LogP contribution is 2.49. The lowest BCUT2D eigenvalue weighted by Crippen LogP contribution is -2.40. The van der Waals surface area contributed by atoms with Gasteiger partial charge in [-0.15, -0.1) is 0 Å². The molecule has 0 fully saturated rings. The zero-order valence-corrected chi connectivity index (χ0v) is 16.0. The van der Waals surface area contributed by atoms with Gasteiger partial charge in [0.1, 0.15) is 0 Å². The molecule has 2 aromatic carbocycles. The van der Waals surface area contributed by atoms with E-state index in [1.165, 1.54) is 34.2 Å². The molecule has 24 heavy (non-hydrogen) atoms. The number of allylic oxidation sites excluding steroid dienone is 1. The molecule has 1 aliphatic carbocycles. The second-order valence-corrected chi connectivity index (χ2v) is 8.71. The quantitative estimate of drug-likeness (QED) is 0.532. The molecule has 2 aromatic rings. The molecule has 0 amide bonds. The first-order valence-electron chi connectivity index (χ1n) is 9.10. The highest BCUT2D eigenvalue weighted by atomic mass is 14.5. The zero-order chi connectivity index (χ0) is 17.5. The monoisotopic (exact) mass is 318 g/mol. The van der Waals surface area contributed by atoms with Gasteiger partial charge in [-0.1, -0.05) is 89.2 Å². The van der Waals surface area contributed by atoms with Crippen LogP contribution in [-0.4, -0.2) is 0 Å². The van der Waals surface area contributed by atoms with Crippen molar-refractivity contribution in [2.45, 2.75) is 58.8 Å². The minimum Gasteiger partial charge on any atom is -0.0622 e. The molecule has 0 aromatic heterocycles. The van der Waals surface area contributed by atoms with Crippen LogP contribution in [0.25, 0.3) is 11.6 Å². The van der Waals surface area contributed by atoms with Crippen LogP contribution < -0.4 is 0 Å². The Morgan fingerprint density at radius 3 is 2.29 bits per heavy atom. The summed E-state index contributed by atoms with van der Waals surface area (Å²) in [6, 6.07) is 17.7. The number of hydrogen-bond donors (Lipinski definition) is 0. The molecule has 0 N–H and O–H groups in total. The summed E-state index contributed by atoms with van der Waals surface area (Å²) in [5.74, 6) is 0.689. The van der Waals surface area contributed by atoms with Gasteiger partial charge in [0.2, 0.25) is 0 Å². The number of fused-ring (bicyclic) bond motifs is 1. The maximum atomic E-state index is 2.45. The van der Waals surface area contributed by atoms with E-state index in [4.69, 9.17) is 0 Å². The van der Waals surface area contributed by atoms with E-state index in [-0.39, 0.29) is 10.8 Å². The van der Waals surface area contributed by atoms with Crippen molar-refractivity contribution in [1.29, 1.82) is 0 Å². The maximum absolute atomic E-state index is 2.45. The Morgan fingerprint density at radius 1 is 0.958 bits per heavy atom. The van der Waals surface area contributed by atoms with Gasteiger partial charge in [0, 0.05) is 0 Å². The third-order valence-corrected chi connectivity index (χ3v) is 6.13. The lowest BCUT2D eigenvalue weighted by Gasteiger charge is -2.46. The van der Waals surface area contributed by atoms with E-state index in [9.17, 15) is 0 Å². The molecule has 0 spiro atoms. The molecule has 126 valence electrons. The van der Waals surface area contributed by atoms with Crippen LogP contribution in [0.2, 0.25) is 0 Å². The molecule has 0 nitrogen and oxygen atoms in total. The van der Waals surface area contributed by atoms with E-state index in [1.807, 2.05) is 0 Å². The Bertz CT molecular complexity index is 760. The molecule has 3 rings (SSSR count). The molecular weight excluding hydrogens is 288 g/mol. The average Bonchev–Trinajstić information content (AvgIpc) is 2.53. The molecule has 0 heterocycles. The van der Waals surface area contributed by atoms with Crippen LogP contribution >= 0.6 is 0 Å². The first-order valence-corrected chi connectivity index (χ1v) is 9.10. The second-order valence-electron chi connectivity index (χ2n) is 8.71. The Hall–Kier alpha value is -1.82. The summed E-state index contributed by atoms with van der Waals surface area (Å²) in [6.45, 7) is 14.2. The van der Waals surface area contributed by atoms with Gasteiger partial charge in [-0.2, -0.15) is 0 Å². The van der Waals surface area contributed by atoms with Crippen LogP contribution in [0.5, 0.6) is 0 Å². The molecule has 0 saturated heterocycles. The Balaban J connectivity index is 2.08. The zero-order valence-electron chi connectivity index (χ0n) is 16.0. The van der Waals surface area contributed by atoms with Gasteiger partial charge in [-0.05, 0) is 57.9 Å². The van der Waals surface area contributed by atoms with Crippen molar-refractivity contribution >= 4 is 11.6 Å². The molecule has 0 aliphatic heterocycles. The predicted octanol–water partition coefficient (Wildman–Crippen LogP) is 6.84. The molecule has 0 heteroatoms. The van der Waals surface area contributed by atoms with Crippen molar-refractivity contribution in [3.8, 4) is 0 Å². The largest absolute Gasteiger partial charge is 0.0622 e. The average molecular weight is 319 g/mol. The van der Waals surface area contributed by atoms with Gasteiger partial charge in [0.05, 0.1) is 0 Å². The standard InChI is InChI=1S/C24H30/c1-17(14-19-10-8-7-9-11-19)20-12-13-21-22(15-20)24(5,6)18(2)16-23(21,3)4/h7-15,18H,16H2,1-6H3/b17-14-. The Labute approximate surface area is 147 Å². The fraction of sp³-hybridized carbons (Fsp3) is 0.417. The number of hydrogen-bond acceptors (Lipinski definition) is 0. The Morgan fingerprint density at radius 2 is 1.62 bits per heavy atom. The van der Waals surface area contributed by atoms with Crippen molar-refractivity contribution in [1.82, 2.24) is 0 Å². The first-order chi connectivity index (χ1) is 11.2. The lowest BCUT2D eigenvalue weighted by molar-refractivity contribution is 0.233. The first kappa shape index (κ1) is 17.0. The molecule has 0 bridgehead atoms. The van der Waals surface area contributed by atoms with Crippen LogP contribution in [0.3, 0.4) is 0 Å². The molecule has 1 atom stereocenters. The smallest absolute Gasteiger partial charge is 0.00745 e. The summed E-state index contributed by atoms with van der Waals surface area (Å²) in [7, 11) is 0. The predicted molar refractivity (Wildman–Crippen MR) is 106 cm³/mol. The third kappa shape index (κ3) is 2.95. The number of rotatable bonds is 2. The van der Waals surface area contributed by atoms with Crippen molar-refractivity contribution in [2.75, 3.05) is 0 Å². The van der Waals surface area contributed by atoms with E-state index >= 15 is 0 Å². The molecule has 1 unspecified atom stereocenters. The van der Waals surface area contributed by atoms with Gasteiger partial charge < -0.3 is 0 Å². The minimum absolute atomic E-state index is 0.230. The fourth-order valence-electron chi connectivity index (χ4n) is 4.19. The highest BCUT2D eigenvalue weighted by Gasteiger charge is 2.41. The summed E-state index contributed by atoms with van der Waals surface area (Å²) in [5.41, 5.74) is 7.49. The summed E-state index contributed by atoms with van der Waals surface area (Å²) in [6.07, 6.45) is 3.54. The summed E-state index contributed by atoms with van der Waals surface area (Å²) >= 11 is 0. The maximum Gasteiger partial charge on any atom is -0.00745 e. The van der Waals surface area contributed by atoms with E-state index in [0.29, 0.717) is 5.92 Å². The van der Waals surface area contributed by atoms with Crippen molar-refractivity contribution in [3.05, 3.63) is 70.8 Å². The van der Waals surface area contributed by atoms with Crippen LogP contribution in [0.1, 0.15) is 70.2 Å². The van der Waals surface area contributed by atoms with Gasteiger partial charge in [-0.25, -0.2) is 0 Å². The van der Waals surface area contributed by atoms with Crippen molar-refractivity contribution in [2.24, 2.45) is 5.92 Å². The SMILES string of the molecule is C/C(=C/c1ccccc1)c1ccc2c(c1)C(C)(C)C(C)CC2(C)C. The van der Waals surface area contributed by atoms with Crippen LogP contribution in [0.4, 0.5) is 0 Å². The van der Waals surface area contributed by atoms with Crippen LogP contribution in [0, 0.1) is 5.92 Å². The molecule has 0 radical (unpaired) electrons. The normalized spacial score (nSPS) is 22.1. The van der Waals surface area contributed by atoms with E-state index in [1.54, 1.807) is 0 Å². The third-order valence-electron chi connectivity index (χ3n) is 6.13. The number of benzene rings is 2. The topological polar surface area (TPSA) is 0 Å². The highest BCUT2D eigenvalue weighted by molar-refractivity contribution is 5.80. The molecule has 0 saturated carbocycles. The van der Waals surface area contributed by atoms with Gasteiger partial charge in [0.15, 0.2) is 0 Å². The summed E-state index contributed by atoms with van der Waals surface area (Å²) in [5, 5.41) is 0. The van der Waals surface area contributed by atoms with E-state index in [0.717, 1.165) is 0 Å². The minimum atomic E-state index is 0.230. The summed E-state index contributed by atoms with van der Waals surface area (Å²) in [4.78, 5) is 0. The fourth-order valence-corrected chi connectivity index (χ4v) is 4.19.